The van der Waals surface area contributed by atoms with Gasteiger partial charge in [-0.15, -0.1) is 0 Å². The quantitative estimate of drug-likeness (QED) is 0.553. The van der Waals surface area contributed by atoms with Gasteiger partial charge in [-0.25, -0.2) is 4.98 Å². The summed E-state index contributed by atoms with van der Waals surface area (Å²) in [5, 5.41) is 3.42. The van der Waals surface area contributed by atoms with Gasteiger partial charge < -0.3 is 15.8 Å². The van der Waals surface area contributed by atoms with Gasteiger partial charge in [0.25, 0.3) is 0 Å². The molecule has 136 valence electrons. The minimum Gasteiger partial charge on any atom is -0.497 e. The minimum absolute atomic E-state index is 0.190. The minimum atomic E-state index is 0.190. The normalized spacial score (nSPS) is 10.9. The van der Waals surface area contributed by atoms with Gasteiger partial charge in [0.2, 0.25) is 5.95 Å². The summed E-state index contributed by atoms with van der Waals surface area (Å²) in [5.74, 6) is 2.53. The Morgan fingerprint density at radius 1 is 1.04 bits per heavy atom. The van der Waals surface area contributed by atoms with Crippen molar-refractivity contribution in [2.24, 2.45) is 0 Å². The number of anilines is 3. The molecule has 0 spiro atoms. The molecule has 27 heavy (non-hydrogen) atoms. The molecule has 0 amide bonds. The summed E-state index contributed by atoms with van der Waals surface area (Å²) in [4.78, 5) is 13.4. The Morgan fingerprint density at radius 3 is 2.52 bits per heavy atom. The summed E-state index contributed by atoms with van der Waals surface area (Å²) < 4.78 is 7.04. The summed E-state index contributed by atoms with van der Waals surface area (Å²) in [5.41, 5.74) is 8.59. The number of nitrogen functional groups attached to an aromatic ring is 1. The maximum atomic E-state index is 6.43. The smallest absolute Gasteiger partial charge is 0.231 e. The molecular weight excluding hydrogens is 364 g/mol. The third-order valence-electron chi connectivity index (χ3n) is 4.15. The third kappa shape index (κ3) is 3.13. The molecule has 0 saturated carbocycles. The van der Waals surface area contributed by atoms with Gasteiger partial charge in [-0.3, -0.25) is 4.57 Å². The predicted molar refractivity (Wildman–Crippen MR) is 107 cm³/mol. The molecule has 8 heteroatoms. The van der Waals surface area contributed by atoms with Crippen LogP contribution in [0.5, 0.6) is 5.75 Å². The molecule has 2 heterocycles. The Kier molecular flexibility index (Phi) is 4.29. The number of nitrogens with two attached hydrogens (primary N) is 1. The van der Waals surface area contributed by atoms with Crippen LogP contribution in [0.3, 0.4) is 0 Å². The van der Waals surface area contributed by atoms with E-state index in [0.717, 1.165) is 28.3 Å². The van der Waals surface area contributed by atoms with Crippen molar-refractivity contribution in [1.82, 2.24) is 19.5 Å². The molecule has 4 aromatic rings. The van der Waals surface area contributed by atoms with Crippen LogP contribution in [0.1, 0.15) is 5.82 Å². The molecule has 0 radical (unpaired) electrons. The number of halogens is 1. The number of benzene rings is 2. The molecule has 0 aliphatic carbocycles. The Morgan fingerprint density at radius 2 is 1.78 bits per heavy atom. The van der Waals surface area contributed by atoms with Crippen LogP contribution in [0.25, 0.3) is 16.9 Å². The van der Waals surface area contributed by atoms with Gasteiger partial charge in [0.1, 0.15) is 22.4 Å². The molecule has 0 aliphatic rings. The van der Waals surface area contributed by atoms with Crippen LogP contribution >= 0.6 is 11.6 Å². The highest BCUT2D eigenvalue weighted by Crippen LogP contribution is 2.30. The fraction of sp³-hybridized carbons (Fsp3) is 0.105. The van der Waals surface area contributed by atoms with E-state index in [0.29, 0.717) is 11.8 Å². The van der Waals surface area contributed by atoms with Gasteiger partial charge in [0, 0.05) is 5.69 Å². The van der Waals surface area contributed by atoms with E-state index in [-0.39, 0.29) is 10.8 Å². The van der Waals surface area contributed by atoms with E-state index >= 15 is 0 Å². The van der Waals surface area contributed by atoms with Crippen molar-refractivity contribution in [3.63, 3.8) is 0 Å². The first-order chi connectivity index (χ1) is 13.1. The number of hydrogen-bond donors (Lipinski definition) is 2. The summed E-state index contributed by atoms with van der Waals surface area (Å²) in [7, 11) is 1.62. The number of fused-ring (bicyclic) bond motifs is 1. The van der Waals surface area contributed by atoms with E-state index in [2.05, 4.69) is 20.3 Å². The van der Waals surface area contributed by atoms with E-state index < -0.39 is 0 Å². The third-order valence-corrected chi connectivity index (χ3v) is 4.51. The SMILES string of the molecule is COc1ccc(Nc2nc(N)c(Cl)c(-n3c(C)nc4ccccc43)n2)cc1. The number of para-hydroxylation sites is 2. The topological polar surface area (TPSA) is 90.9 Å². The van der Waals surface area contributed by atoms with Crippen LogP contribution in [0.2, 0.25) is 5.02 Å². The molecule has 3 N–H and O–H groups in total. The van der Waals surface area contributed by atoms with Crippen LogP contribution in [0.4, 0.5) is 17.5 Å². The molecule has 0 saturated heterocycles. The van der Waals surface area contributed by atoms with Crippen molar-refractivity contribution < 1.29 is 4.74 Å². The number of hydrogen-bond acceptors (Lipinski definition) is 6. The first kappa shape index (κ1) is 17.1. The second kappa shape index (κ2) is 6.77. The molecule has 0 aliphatic heterocycles. The van der Waals surface area contributed by atoms with Gasteiger partial charge in [-0.05, 0) is 43.3 Å². The molecule has 2 aromatic carbocycles. The average molecular weight is 381 g/mol. The summed E-state index contributed by atoms with van der Waals surface area (Å²) in [6.07, 6.45) is 0. The number of rotatable bonds is 4. The summed E-state index contributed by atoms with van der Waals surface area (Å²) in [6, 6.07) is 15.2. The molecule has 0 fully saturated rings. The highest BCUT2D eigenvalue weighted by molar-refractivity contribution is 6.34. The zero-order chi connectivity index (χ0) is 19.0. The monoisotopic (exact) mass is 380 g/mol. The van der Waals surface area contributed by atoms with Crippen LogP contribution < -0.4 is 15.8 Å². The van der Waals surface area contributed by atoms with E-state index in [9.17, 15) is 0 Å². The number of ether oxygens (including phenoxy) is 1. The van der Waals surface area contributed by atoms with Gasteiger partial charge in [-0.2, -0.15) is 9.97 Å². The lowest BCUT2D eigenvalue weighted by Gasteiger charge is -2.13. The molecule has 2 aromatic heterocycles. The van der Waals surface area contributed by atoms with E-state index in [1.54, 1.807) is 7.11 Å². The van der Waals surface area contributed by atoms with Gasteiger partial charge in [0.15, 0.2) is 5.82 Å². The first-order valence-corrected chi connectivity index (χ1v) is 8.63. The van der Waals surface area contributed by atoms with E-state index in [1.165, 1.54) is 0 Å². The van der Waals surface area contributed by atoms with Gasteiger partial charge >= 0.3 is 0 Å². The Balaban J connectivity index is 1.80. The maximum Gasteiger partial charge on any atom is 0.231 e. The van der Waals surface area contributed by atoms with Crippen molar-refractivity contribution in [3.8, 4) is 11.6 Å². The number of aryl methyl sites for hydroxylation is 1. The molecule has 0 atom stereocenters. The lowest BCUT2D eigenvalue weighted by molar-refractivity contribution is 0.415. The second-order valence-electron chi connectivity index (χ2n) is 5.91. The van der Waals surface area contributed by atoms with Crippen LogP contribution in [-0.2, 0) is 0 Å². The number of nitrogens with zero attached hydrogens (tertiary/aromatic N) is 4. The fourth-order valence-corrected chi connectivity index (χ4v) is 3.04. The molecule has 0 unspecified atom stereocenters. The lowest BCUT2D eigenvalue weighted by Crippen LogP contribution is -2.08. The standard InChI is InChI=1S/C19H17ClN6O/c1-11-22-14-5-3-4-6-15(14)26(11)18-16(20)17(21)24-19(25-18)23-12-7-9-13(27-2)10-8-12/h3-10H,1-2H3,(H3,21,23,24,25). The van der Waals surface area contributed by atoms with Gasteiger partial charge in [-0.1, -0.05) is 23.7 Å². The molecular formula is C19H17ClN6O. The number of aromatic nitrogens is 4. The molecule has 7 nitrogen and oxygen atoms in total. The molecule has 0 bridgehead atoms. The largest absolute Gasteiger partial charge is 0.497 e. The highest BCUT2D eigenvalue weighted by Gasteiger charge is 2.17. The molecule has 4 rings (SSSR count). The van der Waals surface area contributed by atoms with Crippen molar-refractivity contribution in [1.29, 1.82) is 0 Å². The average Bonchev–Trinajstić information content (AvgIpc) is 3.01. The van der Waals surface area contributed by atoms with Crippen molar-refractivity contribution in [2.75, 3.05) is 18.2 Å². The van der Waals surface area contributed by atoms with Crippen LogP contribution in [0, 0.1) is 6.92 Å². The van der Waals surface area contributed by atoms with E-state index in [1.807, 2.05) is 60.0 Å². The number of methoxy groups -OCH3 is 1. The van der Waals surface area contributed by atoms with Crippen LogP contribution in [0.15, 0.2) is 48.5 Å². The van der Waals surface area contributed by atoms with Crippen molar-refractivity contribution >= 4 is 40.1 Å². The fourth-order valence-electron chi connectivity index (χ4n) is 2.87. The maximum absolute atomic E-state index is 6.43. The first-order valence-electron chi connectivity index (χ1n) is 8.25. The van der Waals surface area contributed by atoms with Crippen molar-refractivity contribution in [2.45, 2.75) is 6.92 Å². The highest BCUT2D eigenvalue weighted by atomic mass is 35.5. The number of nitrogens with one attached hydrogen (secondary N) is 1. The zero-order valence-electron chi connectivity index (χ0n) is 14.8. The second-order valence-corrected chi connectivity index (χ2v) is 6.28. The Bertz CT molecular complexity index is 1120. The summed E-state index contributed by atoms with van der Waals surface area (Å²) in [6.45, 7) is 1.89. The zero-order valence-corrected chi connectivity index (χ0v) is 15.5. The Hall–Kier alpha value is -3.32. The predicted octanol–water partition coefficient (Wildman–Crippen LogP) is 4.11. The lowest BCUT2D eigenvalue weighted by atomic mass is 10.3. The van der Waals surface area contributed by atoms with Crippen molar-refractivity contribution in [3.05, 3.63) is 59.4 Å². The van der Waals surface area contributed by atoms with Gasteiger partial charge in [0.05, 0.1) is 18.1 Å². The number of imidazole rings is 1. The summed E-state index contributed by atoms with van der Waals surface area (Å²) >= 11 is 6.43. The van der Waals surface area contributed by atoms with E-state index in [4.69, 9.17) is 22.1 Å². The Labute approximate surface area is 160 Å². The van der Waals surface area contributed by atoms with Crippen LogP contribution in [-0.4, -0.2) is 26.6 Å².